The molecular formula is C25H23N7O3. The van der Waals surface area contributed by atoms with Crippen LogP contribution in [0.3, 0.4) is 0 Å². The number of anilines is 2. The average Bonchev–Trinajstić information content (AvgIpc) is 3.48. The van der Waals surface area contributed by atoms with Crippen molar-refractivity contribution in [3.05, 3.63) is 77.1 Å². The van der Waals surface area contributed by atoms with Crippen molar-refractivity contribution in [1.82, 2.24) is 24.3 Å². The van der Waals surface area contributed by atoms with E-state index in [2.05, 4.69) is 19.9 Å². The van der Waals surface area contributed by atoms with Crippen LogP contribution in [-0.2, 0) is 4.74 Å². The minimum Gasteiger partial charge on any atom is -0.378 e. The number of nitrogens with one attached hydrogen (secondary N) is 2. The normalized spacial score (nSPS) is 14.0. The molecule has 35 heavy (non-hydrogen) atoms. The van der Waals surface area contributed by atoms with Gasteiger partial charge >= 0.3 is 5.69 Å². The number of aromatic nitrogens is 5. The molecule has 0 saturated carbocycles. The second-order valence-electron chi connectivity index (χ2n) is 8.39. The Morgan fingerprint density at radius 1 is 1.06 bits per heavy atom. The molecule has 1 aliphatic heterocycles. The molecule has 2 aromatic carbocycles. The molecule has 5 aromatic rings. The molecule has 0 atom stereocenters. The zero-order valence-corrected chi connectivity index (χ0v) is 19.1. The van der Waals surface area contributed by atoms with E-state index >= 15 is 0 Å². The van der Waals surface area contributed by atoms with Crippen LogP contribution >= 0.6 is 0 Å². The van der Waals surface area contributed by atoms with Crippen LogP contribution in [0.1, 0.15) is 10.5 Å². The summed E-state index contributed by atoms with van der Waals surface area (Å²) in [6, 6.07) is 15.0. The average molecular weight is 470 g/mol. The number of hydrogen-bond donors (Lipinski definition) is 2. The summed E-state index contributed by atoms with van der Waals surface area (Å²) in [6.45, 7) is 2.60. The fourth-order valence-corrected chi connectivity index (χ4v) is 4.49. The molecule has 0 bridgehead atoms. The Morgan fingerprint density at radius 2 is 1.83 bits per heavy atom. The van der Waals surface area contributed by atoms with E-state index in [0.29, 0.717) is 60.2 Å². The standard InChI is InChI=1S/C25H23N7O3/c1-30(17-5-3-2-4-6-17)24(33)20-21(16-7-8-18-19(15-16)28-25(34)27-18)32-10-9-26-22(23(32)29-20)31-11-13-35-14-12-31/h2-10,15H,11-14H2,1H3,(H2,27,28,34). The second kappa shape index (κ2) is 8.41. The van der Waals surface area contributed by atoms with E-state index in [1.807, 2.05) is 59.1 Å². The number of amides is 1. The predicted molar refractivity (Wildman–Crippen MR) is 133 cm³/mol. The van der Waals surface area contributed by atoms with Crippen molar-refractivity contribution in [2.75, 3.05) is 43.2 Å². The zero-order valence-electron chi connectivity index (χ0n) is 19.1. The third kappa shape index (κ3) is 3.64. The quantitative estimate of drug-likeness (QED) is 0.419. The third-order valence-electron chi connectivity index (χ3n) is 6.27. The molecule has 0 aliphatic carbocycles. The molecule has 10 nitrogen and oxygen atoms in total. The van der Waals surface area contributed by atoms with Crippen LogP contribution in [-0.4, -0.2) is 63.6 Å². The fourth-order valence-electron chi connectivity index (χ4n) is 4.49. The van der Waals surface area contributed by atoms with Gasteiger partial charge < -0.3 is 24.5 Å². The summed E-state index contributed by atoms with van der Waals surface area (Å²) in [7, 11) is 1.74. The molecule has 1 fully saturated rings. The molecule has 0 radical (unpaired) electrons. The van der Waals surface area contributed by atoms with E-state index in [1.54, 1.807) is 18.1 Å². The van der Waals surface area contributed by atoms with Crippen molar-refractivity contribution in [3.63, 3.8) is 0 Å². The van der Waals surface area contributed by atoms with Gasteiger partial charge in [-0.1, -0.05) is 24.3 Å². The number of ether oxygens (including phenoxy) is 1. The molecule has 3 aromatic heterocycles. The minimum atomic E-state index is -0.283. The summed E-state index contributed by atoms with van der Waals surface area (Å²) < 4.78 is 7.40. The monoisotopic (exact) mass is 469 g/mol. The Kier molecular flexibility index (Phi) is 5.07. The number of imidazole rings is 2. The van der Waals surface area contributed by atoms with Gasteiger partial charge in [0.2, 0.25) is 0 Å². The number of hydrogen-bond acceptors (Lipinski definition) is 6. The molecule has 6 rings (SSSR count). The predicted octanol–water partition coefficient (Wildman–Crippen LogP) is 2.68. The van der Waals surface area contributed by atoms with Gasteiger partial charge in [0.25, 0.3) is 5.91 Å². The number of H-pyrrole nitrogens is 2. The number of fused-ring (bicyclic) bond motifs is 2. The van der Waals surface area contributed by atoms with Crippen LogP contribution in [0.15, 0.2) is 65.7 Å². The number of carbonyl (C=O) groups excluding carboxylic acids is 1. The topological polar surface area (TPSA) is 112 Å². The summed E-state index contributed by atoms with van der Waals surface area (Å²) in [5.41, 5.74) is 4.11. The van der Waals surface area contributed by atoms with Crippen LogP contribution in [0, 0.1) is 0 Å². The van der Waals surface area contributed by atoms with Crippen LogP contribution in [0.5, 0.6) is 0 Å². The van der Waals surface area contributed by atoms with E-state index < -0.39 is 0 Å². The van der Waals surface area contributed by atoms with Crippen LogP contribution in [0.2, 0.25) is 0 Å². The summed E-state index contributed by atoms with van der Waals surface area (Å²) in [5, 5.41) is 0. The first-order chi connectivity index (χ1) is 17.1. The largest absolute Gasteiger partial charge is 0.378 e. The summed E-state index contributed by atoms with van der Waals surface area (Å²) in [4.78, 5) is 44.3. The number of para-hydroxylation sites is 1. The van der Waals surface area contributed by atoms with Gasteiger partial charge in [0.1, 0.15) is 0 Å². The number of benzene rings is 2. The Morgan fingerprint density at radius 3 is 2.63 bits per heavy atom. The lowest BCUT2D eigenvalue weighted by atomic mass is 10.1. The Balaban J connectivity index is 1.57. The van der Waals surface area contributed by atoms with E-state index in [1.165, 1.54) is 0 Å². The van der Waals surface area contributed by atoms with Gasteiger partial charge in [0.05, 0.1) is 29.9 Å². The molecule has 176 valence electrons. The van der Waals surface area contributed by atoms with Gasteiger partial charge in [0, 0.05) is 43.8 Å². The Labute approximate surface area is 199 Å². The van der Waals surface area contributed by atoms with Crippen LogP contribution < -0.4 is 15.5 Å². The van der Waals surface area contributed by atoms with E-state index in [0.717, 1.165) is 11.3 Å². The van der Waals surface area contributed by atoms with Gasteiger partial charge in [-0.05, 0) is 24.3 Å². The van der Waals surface area contributed by atoms with Crippen molar-refractivity contribution in [3.8, 4) is 11.3 Å². The maximum Gasteiger partial charge on any atom is 0.323 e. The lowest BCUT2D eigenvalue weighted by Crippen LogP contribution is -2.37. The van der Waals surface area contributed by atoms with Crippen LogP contribution in [0.4, 0.5) is 11.5 Å². The summed E-state index contributed by atoms with van der Waals surface area (Å²) in [6.07, 6.45) is 3.53. The number of carbonyl (C=O) groups is 1. The molecule has 1 aliphatic rings. The number of rotatable bonds is 4. The maximum atomic E-state index is 13.8. The molecule has 1 saturated heterocycles. The maximum absolute atomic E-state index is 13.8. The van der Waals surface area contributed by atoms with Gasteiger partial charge in [-0.25, -0.2) is 14.8 Å². The van der Waals surface area contributed by atoms with Crippen LogP contribution in [0.25, 0.3) is 27.9 Å². The second-order valence-corrected chi connectivity index (χ2v) is 8.39. The number of nitrogens with zero attached hydrogens (tertiary/aromatic N) is 5. The van der Waals surface area contributed by atoms with Gasteiger partial charge in [-0.3, -0.25) is 9.20 Å². The van der Waals surface area contributed by atoms with Crippen molar-refractivity contribution < 1.29 is 9.53 Å². The fraction of sp³-hybridized carbons (Fsp3) is 0.200. The molecule has 0 spiro atoms. The highest BCUT2D eigenvalue weighted by Crippen LogP contribution is 2.31. The van der Waals surface area contributed by atoms with Gasteiger partial charge in [0.15, 0.2) is 17.2 Å². The highest BCUT2D eigenvalue weighted by Gasteiger charge is 2.27. The highest BCUT2D eigenvalue weighted by molar-refractivity contribution is 6.09. The van der Waals surface area contributed by atoms with E-state index in [9.17, 15) is 9.59 Å². The zero-order chi connectivity index (χ0) is 23.9. The molecule has 0 unspecified atom stereocenters. The Hall–Kier alpha value is -4.44. The molecule has 10 heteroatoms. The molecule has 1 amide bonds. The smallest absolute Gasteiger partial charge is 0.323 e. The molecule has 4 heterocycles. The van der Waals surface area contributed by atoms with Crippen molar-refractivity contribution in [2.45, 2.75) is 0 Å². The lowest BCUT2D eigenvalue weighted by molar-refractivity contribution is 0.0989. The molecule has 2 N–H and O–H groups in total. The van der Waals surface area contributed by atoms with Crippen molar-refractivity contribution in [1.29, 1.82) is 0 Å². The van der Waals surface area contributed by atoms with E-state index in [4.69, 9.17) is 9.72 Å². The lowest BCUT2D eigenvalue weighted by Gasteiger charge is -2.27. The van der Waals surface area contributed by atoms with Crippen molar-refractivity contribution in [2.24, 2.45) is 0 Å². The SMILES string of the molecule is CN(C(=O)c1nc2c(N3CCOCC3)nccn2c1-c1ccc2[nH]c(=O)[nH]c2c1)c1ccccc1. The first kappa shape index (κ1) is 21.1. The van der Waals surface area contributed by atoms with Crippen molar-refractivity contribution >= 4 is 34.1 Å². The van der Waals surface area contributed by atoms with Gasteiger partial charge in [-0.15, -0.1) is 0 Å². The van der Waals surface area contributed by atoms with E-state index in [-0.39, 0.29) is 11.6 Å². The number of aromatic amines is 2. The minimum absolute atomic E-state index is 0.245. The Bertz CT molecular complexity index is 1600. The third-order valence-corrected chi connectivity index (χ3v) is 6.27. The number of morpholine rings is 1. The first-order valence-electron chi connectivity index (χ1n) is 11.4. The summed E-state index contributed by atoms with van der Waals surface area (Å²) in [5.74, 6) is 0.458. The first-order valence-corrected chi connectivity index (χ1v) is 11.4. The summed E-state index contributed by atoms with van der Waals surface area (Å²) >= 11 is 0. The van der Waals surface area contributed by atoms with Gasteiger partial charge in [-0.2, -0.15) is 0 Å². The highest BCUT2D eigenvalue weighted by atomic mass is 16.5. The molecular weight excluding hydrogens is 446 g/mol.